The summed E-state index contributed by atoms with van der Waals surface area (Å²) in [4.78, 5) is 23.0. The molecule has 1 aromatic carbocycles. The van der Waals surface area contributed by atoms with Crippen LogP contribution in [0.4, 0.5) is 8.78 Å². The molecule has 0 aliphatic carbocycles. The van der Waals surface area contributed by atoms with Crippen molar-refractivity contribution in [2.75, 3.05) is 0 Å². The number of halogens is 2. The van der Waals surface area contributed by atoms with Crippen molar-refractivity contribution < 1.29 is 40.8 Å². The average Bonchev–Trinajstić information content (AvgIpc) is 2.46. The van der Waals surface area contributed by atoms with Crippen molar-refractivity contribution in [1.82, 2.24) is 0 Å². The lowest BCUT2D eigenvalue weighted by Crippen LogP contribution is -2.42. The fourth-order valence-corrected chi connectivity index (χ4v) is 1.83. The first-order valence-electron chi connectivity index (χ1n) is 6.40. The SMILES string of the molecule is C=C(C)C(=O)Oc1ccc(C(=O)OC(C)C(F)(F)S(=O)(=O)O)cc1. The Hall–Kier alpha value is -2.33. The Balaban J connectivity index is 2.83. The van der Waals surface area contributed by atoms with Gasteiger partial charge in [-0.05, 0) is 38.1 Å². The number of alkyl halides is 2. The zero-order valence-electron chi connectivity index (χ0n) is 12.7. The predicted molar refractivity (Wildman–Crippen MR) is 78.3 cm³/mol. The van der Waals surface area contributed by atoms with E-state index in [1.807, 2.05) is 0 Å². The molecule has 0 bridgehead atoms. The van der Waals surface area contributed by atoms with Crippen molar-refractivity contribution >= 4 is 22.1 Å². The normalized spacial score (nSPS) is 13.0. The lowest BCUT2D eigenvalue weighted by molar-refractivity contribution is -0.130. The molecule has 0 amide bonds. The second-order valence-electron chi connectivity index (χ2n) is 4.78. The summed E-state index contributed by atoms with van der Waals surface area (Å²) in [7, 11) is -5.73. The summed E-state index contributed by atoms with van der Waals surface area (Å²) in [5.74, 6) is -1.86. The Kier molecular flexibility index (Phi) is 5.80. The van der Waals surface area contributed by atoms with Gasteiger partial charge >= 0.3 is 27.3 Å². The van der Waals surface area contributed by atoms with Crippen molar-refractivity contribution in [2.45, 2.75) is 25.2 Å². The van der Waals surface area contributed by atoms with E-state index in [0.29, 0.717) is 6.92 Å². The predicted octanol–water partition coefficient (Wildman–Crippen LogP) is 2.19. The lowest BCUT2D eigenvalue weighted by Gasteiger charge is -2.20. The molecule has 0 saturated carbocycles. The molecule has 0 aliphatic rings. The van der Waals surface area contributed by atoms with Gasteiger partial charge in [0.25, 0.3) is 0 Å². The fraction of sp³-hybridized carbons (Fsp3) is 0.286. The molecule has 0 heterocycles. The number of carbonyl (C=O) groups is 2. The summed E-state index contributed by atoms with van der Waals surface area (Å²) in [6.07, 6.45) is -2.42. The largest absolute Gasteiger partial charge is 0.451 e. The molecule has 0 saturated heterocycles. The summed E-state index contributed by atoms with van der Waals surface area (Å²) < 4.78 is 65.4. The Bertz CT molecular complexity index is 754. The van der Waals surface area contributed by atoms with Crippen molar-refractivity contribution in [1.29, 1.82) is 0 Å². The first-order chi connectivity index (χ1) is 10.9. The molecule has 1 rings (SSSR count). The Labute approximate surface area is 136 Å². The molecule has 0 radical (unpaired) electrons. The quantitative estimate of drug-likeness (QED) is 0.357. The molecule has 0 fully saturated rings. The monoisotopic (exact) mass is 364 g/mol. The van der Waals surface area contributed by atoms with E-state index in [1.165, 1.54) is 19.1 Å². The van der Waals surface area contributed by atoms with Crippen LogP contribution in [0.2, 0.25) is 0 Å². The van der Waals surface area contributed by atoms with Crippen molar-refractivity contribution in [3.63, 3.8) is 0 Å². The van der Waals surface area contributed by atoms with E-state index in [9.17, 15) is 26.8 Å². The number of hydrogen-bond acceptors (Lipinski definition) is 6. The van der Waals surface area contributed by atoms with Crippen LogP contribution in [0.5, 0.6) is 5.75 Å². The van der Waals surface area contributed by atoms with Gasteiger partial charge in [-0.1, -0.05) is 6.58 Å². The molecule has 24 heavy (non-hydrogen) atoms. The number of hydrogen-bond donors (Lipinski definition) is 1. The number of rotatable bonds is 6. The van der Waals surface area contributed by atoms with Gasteiger partial charge in [-0.2, -0.15) is 17.2 Å². The molecule has 0 aromatic heterocycles. The molecule has 10 heteroatoms. The molecule has 1 N–H and O–H groups in total. The summed E-state index contributed by atoms with van der Waals surface area (Å²) in [5.41, 5.74) is -0.0390. The van der Waals surface area contributed by atoms with Crippen LogP contribution in [0.3, 0.4) is 0 Å². The van der Waals surface area contributed by atoms with Crippen LogP contribution in [0.25, 0.3) is 0 Å². The van der Waals surface area contributed by atoms with E-state index in [4.69, 9.17) is 9.29 Å². The molecule has 132 valence electrons. The van der Waals surface area contributed by atoms with Gasteiger partial charge in [-0.15, -0.1) is 0 Å². The molecule has 0 spiro atoms. The average molecular weight is 364 g/mol. The maximum absolute atomic E-state index is 13.3. The minimum Gasteiger partial charge on any atom is -0.451 e. The number of benzene rings is 1. The third-order valence-corrected chi connectivity index (χ3v) is 3.77. The van der Waals surface area contributed by atoms with Gasteiger partial charge in [0.05, 0.1) is 5.56 Å². The minimum absolute atomic E-state index is 0.0795. The van der Waals surface area contributed by atoms with Crippen LogP contribution in [0.15, 0.2) is 36.4 Å². The highest BCUT2D eigenvalue weighted by Crippen LogP contribution is 2.27. The lowest BCUT2D eigenvalue weighted by atomic mass is 10.2. The molecule has 1 unspecified atom stereocenters. The third-order valence-electron chi connectivity index (χ3n) is 2.75. The van der Waals surface area contributed by atoms with Gasteiger partial charge in [0.1, 0.15) is 5.75 Å². The second kappa shape index (κ2) is 7.05. The number of esters is 2. The second-order valence-corrected chi connectivity index (χ2v) is 6.27. The van der Waals surface area contributed by atoms with E-state index >= 15 is 0 Å². The van der Waals surface area contributed by atoms with E-state index in [2.05, 4.69) is 11.3 Å². The van der Waals surface area contributed by atoms with Gasteiger partial charge in [0.15, 0.2) is 6.10 Å². The number of ether oxygens (including phenoxy) is 2. The van der Waals surface area contributed by atoms with Crippen molar-refractivity contribution in [2.24, 2.45) is 0 Å². The molecular weight excluding hydrogens is 350 g/mol. The summed E-state index contributed by atoms with van der Waals surface area (Å²) in [6, 6.07) is 4.68. The third kappa shape index (κ3) is 4.59. The highest BCUT2D eigenvalue weighted by atomic mass is 32.2. The Morgan fingerprint density at radius 3 is 2.17 bits per heavy atom. The van der Waals surface area contributed by atoms with Gasteiger partial charge in [-0.3, -0.25) is 4.55 Å². The maximum Gasteiger partial charge on any atom is 0.405 e. The highest BCUT2D eigenvalue weighted by Gasteiger charge is 2.52. The first-order valence-corrected chi connectivity index (χ1v) is 7.84. The Morgan fingerprint density at radius 2 is 1.75 bits per heavy atom. The fourth-order valence-electron chi connectivity index (χ4n) is 1.36. The zero-order chi connectivity index (χ0) is 18.7. The van der Waals surface area contributed by atoms with E-state index in [0.717, 1.165) is 12.1 Å². The highest BCUT2D eigenvalue weighted by molar-refractivity contribution is 7.86. The van der Waals surface area contributed by atoms with Crippen LogP contribution in [0, 0.1) is 0 Å². The summed E-state index contributed by atoms with van der Waals surface area (Å²) in [5, 5.41) is -4.65. The van der Waals surface area contributed by atoms with Crippen LogP contribution in [-0.4, -0.2) is 36.3 Å². The van der Waals surface area contributed by atoms with E-state index in [1.54, 1.807) is 0 Å². The molecule has 0 aliphatic heterocycles. The standard InChI is InChI=1S/C14H14F2O7S/c1-8(2)12(17)23-11-6-4-10(5-7-11)13(18)22-9(3)14(15,16)24(19,20)21/h4-7,9H,1H2,2-3H3,(H,19,20,21). The zero-order valence-corrected chi connectivity index (χ0v) is 13.5. The van der Waals surface area contributed by atoms with E-state index < -0.39 is 33.4 Å². The van der Waals surface area contributed by atoms with E-state index in [-0.39, 0.29) is 16.9 Å². The number of carbonyl (C=O) groups excluding carboxylic acids is 2. The summed E-state index contributed by atoms with van der Waals surface area (Å²) in [6.45, 7) is 5.44. The summed E-state index contributed by atoms with van der Waals surface area (Å²) >= 11 is 0. The minimum atomic E-state index is -5.73. The molecule has 1 atom stereocenters. The molecular formula is C14H14F2O7S. The first kappa shape index (κ1) is 19.7. The van der Waals surface area contributed by atoms with Gasteiger partial charge in [0.2, 0.25) is 0 Å². The smallest absolute Gasteiger partial charge is 0.405 e. The van der Waals surface area contributed by atoms with Crippen molar-refractivity contribution in [3.05, 3.63) is 42.0 Å². The Morgan fingerprint density at radius 1 is 1.25 bits per heavy atom. The van der Waals surface area contributed by atoms with Gasteiger partial charge in [0, 0.05) is 5.57 Å². The molecule has 7 nitrogen and oxygen atoms in total. The van der Waals surface area contributed by atoms with Crippen LogP contribution in [-0.2, 0) is 19.6 Å². The maximum atomic E-state index is 13.3. The van der Waals surface area contributed by atoms with Gasteiger partial charge in [-0.25, -0.2) is 9.59 Å². The van der Waals surface area contributed by atoms with Crippen molar-refractivity contribution in [3.8, 4) is 5.75 Å². The topological polar surface area (TPSA) is 107 Å². The van der Waals surface area contributed by atoms with Gasteiger partial charge < -0.3 is 9.47 Å². The molecule has 1 aromatic rings. The van der Waals surface area contributed by atoms with Crippen LogP contribution >= 0.6 is 0 Å². The van der Waals surface area contributed by atoms with Crippen LogP contribution in [0.1, 0.15) is 24.2 Å². The van der Waals surface area contributed by atoms with Crippen LogP contribution < -0.4 is 4.74 Å².